The molecule has 2 saturated heterocycles. The lowest BCUT2D eigenvalue weighted by molar-refractivity contribution is -0.117. The lowest BCUT2D eigenvalue weighted by Gasteiger charge is -2.30. The third-order valence-electron chi connectivity index (χ3n) is 8.00. The Bertz CT molecular complexity index is 1430. The fourth-order valence-corrected chi connectivity index (χ4v) is 5.43. The van der Waals surface area contributed by atoms with E-state index in [-0.39, 0.29) is 56.2 Å². The van der Waals surface area contributed by atoms with E-state index in [0.717, 1.165) is 6.20 Å². The van der Waals surface area contributed by atoms with Crippen molar-refractivity contribution in [3.05, 3.63) is 95.1 Å². The number of alkyl carbamates (subject to hydrolysis) is 1. The Labute approximate surface area is 263 Å². The summed E-state index contributed by atoms with van der Waals surface area (Å²) < 4.78 is 71.9. The van der Waals surface area contributed by atoms with Crippen LogP contribution < -0.4 is 21.7 Å². The highest BCUT2D eigenvalue weighted by Crippen LogP contribution is 2.29. The van der Waals surface area contributed by atoms with Crippen molar-refractivity contribution in [2.24, 2.45) is 5.73 Å². The van der Waals surface area contributed by atoms with Crippen LogP contribution in [0.3, 0.4) is 0 Å². The zero-order valence-corrected chi connectivity index (χ0v) is 24.8. The van der Waals surface area contributed by atoms with Gasteiger partial charge in [0.15, 0.2) is 0 Å². The first-order valence-corrected chi connectivity index (χ1v) is 14.9. The zero-order valence-electron chi connectivity index (χ0n) is 24.8. The van der Waals surface area contributed by atoms with Gasteiger partial charge < -0.3 is 35.9 Å². The highest BCUT2D eigenvalue weighted by molar-refractivity contribution is 5.96. The molecular formula is C32H35F4N5O5. The Morgan fingerprint density at radius 3 is 2.26 bits per heavy atom. The number of halogens is 4. The van der Waals surface area contributed by atoms with Crippen molar-refractivity contribution in [3.8, 4) is 0 Å². The summed E-state index contributed by atoms with van der Waals surface area (Å²) in [6.07, 6.45) is 0.645. The summed E-state index contributed by atoms with van der Waals surface area (Å²) in [7, 11) is 0. The Hall–Kier alpha value is -4.11. The van der Waals surface area contributed by atoms with Crippen molar-refractivity contribution in [1.82, 2.24) is 15.6 Å². The summed E-state index contributed by atoms with van der Waals surface area (Å²) in [6.45, 7) is 0.655. The molecule has 5 rings (SSSR count). The lowest BCUT2D eigenvalue weighted by atomic mass is 9.85. The number of morpholine rings is 1. The Balaban J connectivity index is 1.16. The van der Waals surface area contributed by atoms with Crippen LogP contribution in [0.2, 0.25) is 0 Å². The van der Waals surface area contributed by atoms with Gasteiger partial charge in [-0.3, -0.25) is 9.78 Å². The lowest BCUT2D eigenvalue weighted by Crippen LogP contribution is -2.50. The van der Waals surface area contributed by atoms with Crippen molar-refractivity contribution < 1.29 is 41.4 Å². The summed E-state index contributed by atoms with van der Waals surface area (Å²) in [5.41, 5.74) is 7.86. The van der Waals surface area contributed by atoms with Crippen LogP contribution in [0.4, 0.5) is 28.0 Å². The predicted molar refractivity (Wildman–Crippen MR) is 159 cm³/mol. The molecule has 2 aromatic carbocycles. The van der Waals surface area contributed by atoms with Crippen LogP contribution in [0.5, 0.6) is 0 Å². The van der Waals surface area contributed by atoms with Gasteiger partial charge in [-0.2, -0.15) is 0 Å². The number of pyridine rings is 1. The molecule has 46 heavy (non-hydrogen) atoms. The van der Waals surface area contributed by atoms with Crippen LogP contribution in [0.1, 0.15) is 29.0 Å². The number of nitrogens with one attached hydrogen (secondary N) is 3. The number of alkyl halides is 1. The quantitative estimate of drug-likeness (QED) is 0.233. The van der Waals surface area contributed by atoms with Gasteiger partial charge in [0.1, 0.15) is 30.2 Å². The number of carbonyl (C=O) groups is 2. The van der Waals surface area contributed by atoms with Gasteiger partial charge in [-0.15, -0.1) is 0 Å². The molecule has 5 atom stereocenters. The van der Waals surface area contributed by atoms with Gasteiger partial charge in [0, 0.05) is 18.0 Å². The van der Waals surface area contributed by atoms with Gasteiger partial charge in [-0.1, -0.05) is 24.3 Å². The first-order valence-electron chi connectivity index (χ1n) is 14.9. The molecule has 3 heterocycles. The molecule has 3 aromatic rings. The van der Waals surface area contributed by atoms with Crippen molar-refractivity contribution in [1.29, 1.82) is 0 Å². The van der Waals surface area contributed by atoms with Crippen molar-refractivity contribution >= 4 is 17.7 Å². The molecule has 2 fully saturated rings. The monoisotopic (exact) mass is 645 g/mol. The van der Waals surface area contributed by atoms with E-state index in [2.05, 4.69) is 20.9 Å². The minimum absolute atomic E-state index is 0.00926. The molecule has 0 unspecified atom stereocenters. The fourth-order valence-electron chi connectivity index (χ4n) is 5.43. The van der Waals surface area contributed by atoms with E-state index >= 15 is 0 Å². The summed E-state index contributed by atoms with van der Waals surface area (Å²) in [4.78, 5) is 29.3. The number of hydrogen-bond acceptors (Lipinski definition) is 8. The molecule has 0 spiro atoms. The third kappa shape index (κ3) is 8.57. The van der Waals surface area contributed by atoms with Crippen LogP contribution in [0.25, 0.3) is 0 Å². The van der Waals surface area contributed by atoms with Gasteiger partial charge in [-0.25, -0.2) is 22.4 Å². The molecule has 0 saturated carbocycles. The number of amides is 2. The number of anilines is 1. The van der Waals surface area contributed by atoms with Crippen LogP contribution in [-0.2, 0) is 25.4 Å². The molecule has 246 valence electrons. The molecule has 2 aliphatic rings. The first kappa shape index (κ1) is 33.3. The normalized spacial score (nSPS) is 22.0. The second-order valence-corrected chi connectivity index (χ2v) is 11.2. The number of nitrogens with zero attached hydrogens (tertiary/aromatic N) is 1. The molecule has 5 N–H and O–H groups in total. The van der Waals surface area contributed by atoms with Crippen LogP contribution >= 0.6 is 0 Å². The number of hydrogen-bond donors (Lipinski definition) is 4. The van der Waals surface area contributed by atoms with E-state index in [1.807, 2.05) is 0 Å². The Morgan fingerprint density at radius 1 is 1.00 bits per heavy atom. The minimum Gasteiger partial charge on any atom is -0.448 e. The standard InChI is InChI=1S/C32H35F4N5O5/c33-20-5-1-18(2-6-20)29(19-3-7-21(34)8-4-19)30(37)31(42)40-27-13-38-12-25(35)24(27)10-9-23-11-39-22(14-45-23)15-46-32(43)41-28-17-44-16-26(28)36/h1-8,12-13,22-23,26,28-30,39H,9-11,14-17,37H2,(H,40,42)(H,41,43)/t22-,23+,26-,28+,30-/m0/s1. The molecule has 10 nitrogen and oxygen atoms in total. The van der Waals surface area contributed by atoms with Gasteiger partial charge in [0.2, 0.25) is 5.91 Å². The van der Waals surface area contributed by atoms with E-state index in [4.69, 9.17) is 19.9 Å². The van der Waals surface area contributed by atoms with E-state index < -0.39 is 53.6 Å². The summed E-state index contributed by atoms with van der Waals surface area (Å²) in [5, 5.41) is 8.35. The number of rotatable bonds is 11. The van der Waals surface area contributed by atoms with Gasteiger partial charge in [-0.05, 0) is 48.2 Å². The molecule has 2 aliphatic heterocycles. The maximum Gasteiger partial charge on any atom is 0.407 e. The second-order valence-electron chi connectivity index (χ2n) is 11.2. The Kier molecular flexibility index (Phi) is 11.2. The summed E-state index contributed by atoms with van der Waals surface area (Å²) >= 11 is 0. The molecule has 0 bridgehead atoms. The summed E-state index contributed by atoms with van der Waals surface area (Å²) in [5.74, 6) is -2.95. The number of carbonyl (C=O) groups excluding carboxylic acids is 2. The smallest absolute Gasteiger partial charge is 0.407 e. The molecule has 14 heteroatoms. The average molecular weight is 646 g/mol. The van der Waals surface area contributed by atoms with E-state index in [1.165, 1.54) is 54.7 Å². The van der Waals surface area contributed by atoms with E-state index in [0.29, 0.717) is 24.1 Å². The molecular weight excluding hydrogens is 610 g/mol. The third-order valence-corrected chi connectivity index (χ3v) is 8.00. The molecule has 0 radical (unpaired) electrons. The highest BCUT2D eigenvalue weighted by atomic mass is 19.1. The number of ether oxygens (including phenoxy) is 3. The fraction of sp³-hybridized carbons (Fsp3) is 0.406. The van der Waals surface area contributed by atoms with Crippen molar-refractivity contribution in [2.75, 3.05) is 38.3 Å². The van der Waals surface area contributed by atoms with Gasteiger partial charge in [0.05, 0.1) is 62.1 Å². The van der Waals surface area contributed by atoms with Crippen molar-refractivity contribution in [3.63, 3.8) is 0 Å². The molecule has 2 amide bonds. The first-order chi connectivity index (χ1) is 22.2. The van der Waals surface area contributed by atoms with E-state index in [1.54, 1.807) is 0 Å². The summed E-state index contributed by atoms with van der Waals surface area (Å²) in [6, 6.07) is 8.76. The minimum atomic E-state index is -1.28. The predicted octanol–water partition coefficient (Wildman–Crippen LogP) is 3.35. The van der Waals surface area contributed by atoms with Crippen LogP contribution in [-0.4, -0.2) is 80.4 Å². The maximum atomic E-state index is 15.0. The SMILES string of the molecule is N[C@H](C(=O)Nc1cncc(F)c1CC[C@@H]1CN[C@H](COC(=O)N[C@@H]2COC[C@@H]2F)CO1)C(c1ccc(F)cc1)c1ccc(F)cc1. The van der Waals surface area contributed by atoms with Crippen molar-refractivity contribution in [2.45, 2.75) is 49.2 Å². The van der Waals surface area contributed by atoms with Gasteiger partial charge in [0.25, 0.3) is 0 Å². The number of nitrogens with two attached hydrogens (primary N) is 1. The maximum absolute atomic E-state index is 15.0. The topological polar surface area (TPSA) is 137 Å². The Morgan fingerprint density at radius 2 is 1.67 bits per heavy atom. The average Bonchev–Trinajstić information content (AvgIpc) is 3.45. The van der Waals surface area contributed by atoms with E-state index in [9.17, 15) is 27.2 Å². The highest BCUT2D eigenvalue weighted by Gasteiger charge is 2.31. The molecule has 0 aliphatic carbocycles. The zero-order chi connectivity index (χ0) is 32.6. The van der Waals surface area contributed by atoms with Crippen LogP contribution in [0, 0.1) is 17.5 Å². The van der Waals surface area contributed by atoms with Gasteiger partial charge >= 0.3 is 6.09 Å². The second kappa shape index (κ2) is 15.5. The number of aromatic nitrogens is 1. The number of benzene rings is 2. The van der Waals surface area contributed by atoms with Crippen LogP contribution in [0.15, 0.2) is 60.9 Å². The largest absolute Gasteiger partial charge is 0.448 e. The molecule has 1 aromatic heterocycles.